The van der Waals surface area contributed by atoms with Gasteiger partial charge in [0.2, 0.25) is 0 Å². The summed E-state index contributed by atoms with van der Waals surface area (Å²) in [6.45, 7) is 0. The Morgan fingerprint density at radius 1 is 1.64 bits per heavy atom. The zero-order valence-corrected chi connectivity index (χ0v) is 7.10. The molecular formula is C5H7Cl2N2O2+. The average Bonchev–Trinajstić information content (AvgIpc) is 2.01. The van der Waals surface area contributed by atoms with Gasteiger partial charge in [0.15, 0.2) is 0 Å². The van der Waals surface area contributed by atoms with Gasteiger partial charge < -0.3 is 4.74 Å². The maximum Gasteiger partial charge on any atom is 0.418 e. The smallest absolute Gasteiger partial charge is 0.418 e. The first-order chi connectivity index (χ1) is 5.24. The van der Waals surface area contributed by atoms with Crippen LogP contribution in [0.1, 0.15) is 0 Å². The molecule has 0 aliphatic rings. The highest BCUT2D eigenvalue weighted by atomic mass is 35.5. The summed E-state index contributed by atoms with van der Waals surface area (Å²) in [6.07, 6.45) is 0.232. The highest BCUT2D eigenvalue weighted by Crippen LogP contribution is 1.97. The van der Waals surface area contributed by atoms with Gasteiger partial charge in [-0.3, -0.25) is 0 Å². The number of rotatable bonds is 4. The second-order valence-electron chi connectivity index (χ2n) is 1.63. The standard InChI is InChI=1S/C5H7Cl2N2O2/c6-1-4(2-7)11-5(10)3-9-8/h3-4,8H,1-2H2/q+1. The Morgan fingerprint density at radius 2 is 2.18 bits per heavy atom. The zero-order valence-electron chi connectivity index (χ0n) is 5.59. The molecule has 4 nitrogen and oxygen atoms in total. The SMILES string of the molecule is N=[N+]=CC(=O)OC(CCl)CCl. The van der Waals surface area contributed by atoms with Crippen LogP contribution in [-0.2, 0) is 9.53 Å². The first-order valence-electron chi connectivity index (χ1n) is 2.77. The van der Waals surface area contributed by atoms with Crippen LogP contribution in [0, 0.1) is 5.53 Å². The van der Waals surface area contributed by atoms with Gasteiger partial charge in [-0.1, -0.05) is 0 Å². The van der Waals surface area contributed by atoms with Gasteiger partial charge in [0.1, 0.15) is 6.10 Å². The first kappa shape index (κ1) is 10.4. The molecule has 62 valence electrons. The molecule has 0 aromatic carbocycles. The van der Waals surface area contributed by atoms with Crippen LogP contribution in [0.2, 0.25) is 0 Å². The van der Waals surface area contributed by atoms with Crippen molar-refractivity contribution >= 4 is 35.4 Å². The Morgan fingerprint density at radius 3 is 2.55 bits per heavy atom. The number of hydrogen-bond donors (Lipinski definition) is 1. The zero-order chi connectivity index (χ0) is 8.69. The summed E-state index contributed by atoms with van der Waals surface area (Å²) in [5.74, 6) is -0.423. The number of ether oxygens (including phenoxy) is 1. The summed E-state index contributed by atoms with van der Waals surface area (Å²) in [7, 11) is 0. The number of carbonyl (C=O) groups is 1. The number of nitrogens with zero attached hydrogens (tertiary/aromatic N) is 1. The molecule has 0 radical (unpaired) electrons. The third-order valence-corrected chi connectivity index (χ3v) is 1.49. The lowest BCUT2D eigenvalue weighted by Crippen LogP contribution is -2.22. The van der Waals surface area contributed by atoms with Crippen molar-refractivity contribution in [1.82, 2.24) is 0 Å². The van der Waals surface area contributed by atoms with E-state index in [9.17, 15) is 4.79 Å². The minimum atomic E-state index is -0.703. The molecule has 0 heterocycles. The van der Waals surface area contributed by atoms with Gasteiger partial charge in [-0.15, -0.1) is 23.2 Å². The summed E-state index contributed by atoms with van der Waals surface area (Å²) in [6, 6.07) is 0. The fraction of sp³-hybridized carbons (Fsp3) is 0.600. The van der Waals surface area contributed by atoms with Crippen LogP contribution in [0.5, 0.6) is 0 Å². The molecule has 6 heteroatoms. The summed E-state index contributed by atoms with van der Waals surface area (Å²) in [4.78, 5) is 13.3. The predicted octanol–water partition coefficient (Wildman–Crippen LogP) is 0.686. The Bertz CT molecular complexity index is 175. The summed E-state index contributed by atoms with van der Waals surface area (Å²) >= 11 is 10.7. The molecule has 0 aromatic rings. The maximum absolute atomic E-state index is 10.6. The number of alkyl halides is 2. The van der Waals surface area contributed by atoms with Crippen molar-refractivity contribution in [2.75, 3.05) is 11.8 Å². The van der Waals surface area contributed by atoms with Crippen LogP contribution in [0.3, 0.4) is 0 Å². The Kier molecular flexibility index (Phi) is 5.84. The molecule has 0 aliphatic carbocycles. The molecule has 11 heavy (non-hydrogen) atoms. The van der Waals surface area contributed by atoms with Gasteiger partial charge in [0, 0.05) is 0 Å². The summed E-state index contributed by atoms with van der Waals surface area (Å²) < 4.78 is 4.62. The van der Waals surface area contributed by atoms with Crippen molar-refractivity contribution in [2.24, 2.45) is 0 Å². The van der Waals surface area contributed by atoms with E-state index in [1.165, 1.54) is 0 Å². The first-order valence-corrected chi connectivity index (χ1v) is 3.83. The van der Waals surface area contributed by atoms with Crippen molar-refractivity contribution in [1.29, 1.82) is 5.53 Å². The van der Waals surface area contributed by atoms with Gasteiger partial charge in [-0.25, -0.2) is 4.79 Å². The lowest BCUT2D eigenvalue weighted by molar-refractivity contribution is -0.151. The number of halogens is 2. The molecule has 0 spiro atoms. The molecule has 0 rings (SSSR count). The molecule has 1 N–H and O–H groups in total. The van der Waals surface area contributed by atoms with E-state index in [2.05, 4.69) is 9.53 Å². The number of hydrogen-bond acceptors (Lipinski definition) is 3. The summed E-state index contributed by atoms with van der Waals surface area (Å²) in [5.41, 5.74) is 6.29. The Labute approximate surface area is 73.7 Å². The van der Waals surface area contributed by atoms with Gasteiger partial charge in [0.25, 0.3) is 0 Å². The van der Waals surface area contributed by atoms with E-state index < -0.39 is 12.1 Å². The van der Waals surface area contributed by atoms with Crippen LogP contribution in [0.4, 0.5) is 0 Å². The van der Waals surface area contributed by atoms with Gasteiger partial charge in [-0.2, -0.15) is 0 Å². The molecule has 0 amide bonds. The lowest BCUT2D eigenvalue weighted by atomic mass is 10.5. The molecule has 0 bridgehead atoms. The molecular weight excluding hydrogens is 191 g/mol. The highest BCUT2D eigenvalue weighted by molar-refractivity contribution is 6.23. The van der Waals surface area contributed by atoms with Gasteiger partial charge in [-0.05, 0) is 0 Å². The van der Waals surface area contributed by atoms with Crippen molar-refractivity contribution < 1.29 is 14.3 Å². The van der Waals surface area contributed by atoms with Crippen molar-refractivity contribution in [3.63, 3.8) is 0 Å². The molecule has 0 aromatic heterocycles. The Hall–Kier alpha value is -0.570. The second-order valence-corrected chi connectivity index (χ2v) is 2.24. The predicted molar refractivity (Wildman–Crippen MR) is 40.4 cm³/mol. The van der Waals surface area contributed by atoms with Crippen molar-refractivity contribution in [3.05, 3.63) is 0 Å². The minimum absolute atomic E-state index is 0.140. The van der Waals surface area contributed by atoms with Crippen LogP contribution in [0.25, 0.3) is 0 Å². The van der Waals surface area contributed by atoms with Crippen LogP contribution < -0.4 is 0 Å². The quantitative estimate of drug-likeness (QED) is 0.237. The van der Waals surface area contributed by atoms with Crippen LogP contribution in [-0.4, -0.2) is 34.8 Å². The van der Waals surface area contributed by atoms with Gasteiger partial charge in [0.05, 0.1) is 22.1 Å². The van der Waals surface area contributed by atoms with Crippen LogP contribution in [0.15, 0.2) is 0 Å². The molecule has 0 unspecified atom stereocenters. The van der Waals surface area contributed by atoms with Crippen molar-refractivity contribution in [2.45, 2.75) is 6.10 Å². The van der Waals surface area contributed by atoms with E-state index in [0.29, 0.717) is 0 Å². The van der Waals surface area contributed by atoms with E-state index >= 15 is 0 Å². The molecule has 0 saturated heterocycles. The fourth-order valence-corrected chi connectivity index (χ4v) is 0.808. The molecule has 0 fully saturated rings. The van der Waals surface area contributed by atoms with Crippen LogP contribution >= 0.6 is 23.2 Å². The number of esters is 1. The van der Waals surface area contributed by atoms with Gasteiger partial charge >= 0.3 is 12.2 Å². The third kappa shape index (κ3) is 4.79. The third-order valence-electron chi connectivity index (χ3n) is 0.797. The second kappa shape index (κ2) is 6.16. The molecule has 0 atom stereocenters. The number of nitrogens with one attached hydrogen (secondary N) is 1. The minimum Gasteiger partial charge on any atom is -0.451 e. The monoisotopic (exact) mass is 197 g/mol. The van der Waals surface area contributed by atoms with Crippen molar-refractivity contribution in [3.8, 4) is 0 Å². The highest BCUT2D eigenvalue weighted by Gasteiger charge is 2.13. The van der Waals surface area contributed by atoms with E-state index in [0.717, 1.165) is 6.21 Å². The number of carbonyl (C=O) groups excluding carboxylic acids is 1. The van der Waals surface area contributed by atoms with E-state index in [1.807, 2.05) is 0 Å². The van der Waals surface area contributed by atoms with E-state index in [4.69, 9.17) is 28.7 Å². The van der Waals surface area contributed by atoms with E-state index in [-0.39, 0.29) is 11.8 Å². The maximum atomic E-state index is 10.6. The normalized spacial score (nSPS) is 9.00. The largest absolute Gasteiger partial charge is 0.451 e. The topological polar surface area (TPSA) is 64.2 Å². The molecule has 0 aliphatic heterocycles. The molecule has 0 saturated carbocycles. The fourth-order valence-electron chi connectivity index (χ4n) is 0.352. The lowest BCUT2D eigenvalue weighted by Gasteiger charge is -2.07. The van der Waals surface area contributed by atoms with E-state index in [1.54, 1.807) is 0 Å². The average molecular weight is 198 g/mol. The Balaban J connectivity index is 3.80. The summed E-state index contributed by atoms with van der Waals surface area (Å²) in [5, 5.41) is 0.